The molecule has 1 N–H and O–H groups in total. The van der Waals surface area contributed by atoms with Crippen molar-refractivity contribution in [1.82, 2.24) is 0 Å². The lowest BCUT2D eigenvalue weighted by atomic mass is 10.0. The molecule has 0 bridgehead atoms. The molecule has 2 rings (SSSR count). The van der Waals surface area contributed by atoms with E-state index in [1.54, 1.807) is 0 Å². The zero-order valence-electron chi connectivity index (χ0n) is 13.2. The van der Waals surface area contributed by atoms with Crippen molar-refractivity contribution in [2.45, 2.75) is 40.0 Å². The maximum atomic E-state index is 12.1. The number of hydrogen-bond donors (Lipinski definition) is 1. The standard InChI is InChI=1S/C19H23NO/c1-13(2)17-7-9-18(10-8-17)20-19(21)12-16-6-5-14(3)15(4)11-16/h5-11,13H,12H2,1-4H3,(H,20,21). The minimum absolute atomic E-state index is 0.0237. The zero-order chi connectivity index (χ0) is 15.4. The van der Waals surface area contributed by atoms with Crippen LogP contribution in [0, 0.1) is 13.8 Å². The number of benzene rings is 2. The highest BCUT2D eigenvalue weighted by Gasteiger charge is 2.06. The van der Waals surface area contributed by atoms with E-state index in [-0.39, 0.29) is 5.91 Å². The van der Waals surface area contributed by atoms with Crippen molar-refractivity contribution in [3.8, 4) is 0 Å². The molecule has 2 heteroatoms. The Labute approximate surface area is 127 Å². The molecule has 2 aromatic rings. The van der Waals surface area contributed by atoms with E-state index in [1.165, 1.54) is 16.7 Å². The van der Waals surface area contributed by atoms with E-state index in [2.05, 4.69) is 57.3 Å². The molecule has 0 aliphatic rings. The maximum absolute atomic E-state index is 12.1. The first-order valence-electron chi connectivity index (χ1n) is 7.41. The summed E-state index contributed by atoms with van der Waals surface area (Å²) < 4.78 is 0. The van der Waals surface area contributed by atoms with E-state index >= 15 is 0 Å². The molecule has 1 amide bonds. The molecule has 0 unspecified atom stereocenters. The Kier molecular flexibility index (Phi) is 4.79. The van der Waals surface area contributed by atoms with E-state index in [1.807, 2.05) is 18.2 Å². The molecule has 0 fully saturated rings. The quantitative estimate of drug-likeness (QED) is 0.871. The minimum Gasteiger partial charge on any atom is -0.326 e. The van der Waals surface area contributed by atoms with E-state index in [9.17, 15) is 4.79 Å². The molecular formula is C19H23NO. The Morgan fingerprint density at radius 2 is 1.67 bits per heavy atom. The molecule has 0 aliphatic heterocycles. The van der Waals surface area contributed by atoms with Gasteiger partial charge in [0.25, 0.3) is 0 Å². The third-order valence-electron chi connectivity index (χ3n) is 3.80. The second-order valence-electron chi connectivity index (χ2n) is 5.92. The second kappa shape index (κ2) is 6.57. The molecule has 2 nitrogen and oxygen atoms in total. The van der Waals surface area contributed by atoms with Gasteiger partial charge in [-0.1, -0.05) is 44.2 Å². The van der Waals surface area contributed by atoms with Gasteiger partial charge in [0.2, 0.25) is 5.91 Å². The number of rotatable bonds is 4. The first kappa shape index (κ1) is 15.3. The van der Waals surface area contributed by atoms with E-state index in [0.29, 0.717) is 12.3 Å². The van der Waals surface area contributed by atoms with Crippen LogP contribution in [0.3, 0.4) is 0 Å². The lowest BCUT2D eigenvalue weighted by molar-refractivity contribution is -0.115. The first-order chi connectivity index (χ1) is 9.95. The fraction of sp³-hybridized carbons (Fsp3) is 0.316. The van der Waals surface area contributed by atoms with Crippen molar-refractivity contribution < 1.29 is 4.79 Å². The number of anilines is 1. The molecule has 0 atom stereocenters. The van der Waals surface area contributed by atoms with Crippen molar-refractivity contribution in [1.29, 1.82) is 0 Å². The highest BCUT2D eigenvalue weighted by Crippen LogP contribution is 2.17. The SMILES string of the molecule is Cc1ccc(CC(=O)Nc2ccc(C(C)C)cc2)cc1C. The van der Waals surface area contributed by atoms with Crippen LogP contribution < -0.4 is 5.32 Å². The van der Waals surface area contributed by atoms with Crippen LogP contribution in [0.15, 0.2) is 42.5 Å². The summed E-state index contributed by atoms with van der Waals surface area (Å²) in [6.45, 7) is 8.47. The summed E-state index contributed by atoms with van der Waals surface area (Å²) in [7, 11) is 0. The lowest BCUT2D eigenvalue weighted by Crippen LogP contribution is -2.14. The second-order valence-corrected chi connectivity index (χ2v) is 5.92. The van der Waals surface area contributed by atoms with E-state index < -0.39 is 0 Å². The number of aryl methyl sites for hydroxylation is 2. The van der Waals surface area contributed by atoms with Crippen LogP contribution in [-0.2, 0) is 11.2 Å². The average Bonchev–Trinajstić information content (AvgIpc) is 2.43. The fourth-order valence-corrected chi connectivity index (χ4v) is 2.26. The largest absolute Gasteiger partial charge is 0.326 e. The third kappa shape index (κ3) is 4.19. The Morgan fingerprint density at radius 3 is 2.24 bits per heavy atom. The minimum atomic E-state index is 0.0237. The van der Waals surface area contributed by atoms with Gasteiger partial charge in [0.1, 0.15) is 0 Å². The number of carbonyl (C=O) groups is 1. The van der Waals surface area contributed by atoms with Crippen LogP contribution in [0.4, 0.5) is 5.69 Å². The van der Waals surface area contributed by atoms with Gasteiger partial charge in [0.15, 0.2) is 0 Å². The summed E-state index contributed by atoms with van der Waals surface area (Å²) in [5.41, 5.74) is 5.66. The van der Waals surface area contributed by atoms with Gasteiger partial charge in [-0.05, 0) is 54.2 Å². The smallest absolute Gasteiger partial charge is 0.228 e. The number of carbonyl (C=O) groups excluding carboxylic acids is 1. The summed E-state index contributed by atoms with van der Waals surface area (Å²) in [4.78, 5) is 12.1. The van der Waals surface area contributed by atoms with Gasteiger partial charge in [0.05, 0.1) is 6.42 Å². The van der Waals surface area contributed by atoms with Gasteiger partial charge in [-0.3, -0.25) is 4.79 Å². The highest BCUT2D eigenvalue weighted by molar-refractivity contribution is 5.92. The van der Waals surface area contributed by atoms with Crippen LogP contribution >= 0.6 is 0 Å². The lowest BCUT2D eigenvalue weighted by Gasteiger charge is -2.09. The molecule has 0 saturated heterocycles. The fourth-order valence-electron chi connectivity index (χ4n) is 2.26. The van der Waals surface area contributed by atoms with Crippen LogP contribution in [0.2, 0.25) is 0 Å². The number of nitrogens with one attached hydrogen (secondary N) is 1. The van der Waals surface area contributed by atoms with Crippen molar-refractivity contribution >= 4 is 11.6 Å². The summed E-state index contributed by atoms with van der Waals surface area (Å²) >= 11 is 0. The molecule has 0 aliphatic carbocycles. The predicted octanol–water partition coefficient (Wildman–Crippen LogP) is 4.61. The van der Waals surface area contributed by atoms with Gasteiger partial charge >= 0.3 is 0 Å². The van der Waals surface area contributed by atoms with Crippen LogP contribution in [0.5, 0.6) is 0 Å². The Morgan fingerprint density at radius 1 is 1.00 bits per heavy atom. The molecule has 0 spiro atoms. The van der Waals surface area contributed by atoms with Crippen LogP contribution in [0.25, 0.3) is 0 Å². The van der Waals surface area contributed by atoms with Crippen molar-refractivity contribution in [3.63, 3.8) is 0 Å². The van der Waals surface area contributed by atoms with Gasteiger partial charge in [0, 0.05) is 5.69 Å². The Balaban J connectivity index is 1.99. The monoisotopic (exact) mass is 281 g/mol. The molecule has 0 heterocycles. The Hall–Kier alpha value is -2.09. The average molecular weight is 281 g/mol. The van der Waals surface area contributed by atoms with Gasteiger partial charge in [-0.25, -0.2) is 0 Å². The summed E-state index contributed by atoms with van der Waals surface area (Å²) in [6.07, 6.45) is 0.410. The summed E-state index contributed by atoms with van der Waals surface area (Å²) in [6, 6.07) is 14.2. The first-order valence-corrected chi connectivity index (χ1v) is 7.41. The van der Waals surface area contributed by atoms with Crippen molar-refractivity contribution in [2.75, 3.05) is 5.32 Å². The van der Waals surface area contributed by atoms with Gasteiger partial charge in [-0.2, -0.15) is 0 Å². The number of amides is 1. The molecule has 110 valence electrons. The number of hydrogen-bond acceptors (Lipinski definition) is 1. The van der Waals surface area contributed by atoms with Gasteiger partial charge < -0.3 is 5.32 Å². The molecular weight excluding hydrogens is 258 g/mol. The topological polar surface area (TPSA) is 29.1 Å². The van der Waals surface area contributed by atoms with Crippen molar-refractivity contribution in [3.05, 3.63) is 64.7 Å². The van der Waals surface area contributed by atoms with Crippen molar-refractivity contribution in [2.24, 2.45) is 0 Å². The zero-order valence-corrected chi connectivity index (χ0v) is 13.2. The van der Waals surface area contributed by atoms with Gasteiger partial charge in [-0.15, -0.1) is 0 Å². The summed E-state index contributed by atoms with van der Waals surface area (Å²) in [5.74, 6) is 0.529. The molecule has 0 radical (unpaired) electrons. The van der Waals surface area contributed by atoms with E-state index in [4.69, 9.17) is 0 Å². The predicted molar refractivity (Wildman–Crippen MR) is 88.8 cm³/mol. The molecule has 21 heavy (non-hydrogen) atoms. The molecule has 0 saturated carbocycles. The highest BCUT2D eigenvalue weighted by atomic mass is 16.1. The normalized spacial score (nSPS) is 10.7. The molecule has 2 aromatic carbocycles. The Bertz CT molecular complexity index is 627. The van der Waals surface area contributed by atoms with Crippen LogP contribution in [-0.4, -0.2) is 5.91 Å². The third-order valence-corrected chi connectivity index (χ3v) is 3.80. The van der Waals surface area contributed by atoms with Crippen LogP contribution in [0.1, 0.15) is 42.0 Å². The summed E-state index contributed by atoms with van der Waals surface area (Å²) in [5, 5.41) is 2.95. The molecule has 0 aromatic heterocycles. The maximum Gasteiger partial charge on any atom is 0.228 e. The van der Waals surface area contributed by atoms with E-state index in [0.717, 1.165) is 11.3 Å².